The molecule has 1 unspecified atom stereocenters. The Balaban J connectivity index is 1.94. The standard InChI is InChI=1S/C16H24N2OS/c1-14-11-17(2)7-5-8-18(14)12-16-10-15(13-20-16)6-3-4-9-19/h10,13-14,19H,4-5,7-9,11-12H2,1-2H3. The van der Waals surface area contributed by atoms with Gasteiger partial charge in [0.15, 0.2) is 0 Å². The van der Waals surface area contributed by atoms with Crippen LogP contribution in [0.4, 0.5) is 0 Å². The summed E-state index contributed by atoms with van der Waals surface area (Å²) >= 11 is 1.79. The molecule has 3 nitrogen and oxygen atoms in total. The SMILES string of the molecule is CC1CN(C)CCCN1Cc1cc(C#CCCO)cs1. The largest absolute Gasteiger partial charge is 0.395 e. The highest BCUT2D eigenvalue weighted by atomic mass is 32.1. The smallest absolute Gasteiger partial charge is 0.0540 e. The topological polar surface area (TPSA) is 26.7 Å². The molecule has 0 spiro atoms. The molecule has 1 aromatic rings. The fourth-order valence-corrected chi connectivity index (χ4v) is 3.45. The second kappa shape index (κ2) is 7.80. The summed E-state index contributed by atoms with van der Waals surface area (Å²) < 4.78 is 0. The lowest BCUT2D eigenvalue weighted by molar-refractivity contribution is 0.196. The Bertz CT molecular complexity index is 474. The minimum absolute atomic E-state index is 0.142. The zero-order valence-corrected chi connectivity index (χ0v) is 13.2. The quantitative estimate of drug-likeness (QED) is 0.863. The first kappa shape index (κ1) is 15.5. The number of rotatable bonds is 3. The highest BCUT2D eigenvalue weighted by Crippen LogP contribution is 2.19. The van der Waals surface area contributed by atoms with Gasteiger partial charge in [0.2, 0.25) is 0 Å². The number of thiophene rings is 1. The van der Waals surface area contributed by atoms with Gasteiger partial charge in [-0.25, -0.2) is 0 Å². The summed E-state index contributed by atoms with van der Waals surface area (Å²) in [6.07, 6.45) is 1.80. The Hall–Kier alpha value is -0.860. The fraction of sp³-hybridized carbons (Fsp3) is 0.625. The maximum Gasteiger partial charge on any atom is 0.0540 e. The minimum atomic E-state index is 0.142. The van der Waals surface area contributed by atoms with Crippen molar-refractivity contribution in [2.45, 2.75) is 32.4 Å². The van der Waals surface area contributed by atoms with Crippen LogP contribution in [0.5, 0.6) is 0 Å². The van der Waals surface area contributed by atoms with E-state index in [4.69, 9.17) is 5.11 Å². The van der Waals surface area contributed by atoms with E-state index in [1.165, 1.54) is 24.4 Å². The molecule has 1 aromatic heterocycles. The van der Waals surface area contributed by atoms with Crippen molar-refractivity contribution >= 4 is 11.3 Å². The molecule has 1 saturated heterocycles. The predicted molar refractivity (Wildman–Crippen MR) is 84.9 cm³/mol. The van der Waals surface area contributed by atoms with Gasteiger partial charge in [-0.05, 0) is 33.0 Å². The summed E-state index contributed by atoms with van der Waals surface area (Å²) in [4.78, 5) is 6.38. The van der Waals surface area contributed by atoms with Crippen molar-refractivity contribution in [2.75, 3.05) is 33.3 Å². The lowest BCUT2D eigenvalue weighted by Crippen LogP contribution is -2.37. The van der Waals surface area contributed by atoms with Crippen molar-refractivity contribution < 1.29 is 5.11 Å². The van der Waals surface area contributed by atoms with Crippen LogP contribution in [0.2, 0.25) is 0 Å². The molecule has 0 aliphatic carbocycles. The molecule has 0 bridgehead atoms. The molecule has 1 fully saturated rings. The van der Waals surface area contributed by atoms with Crippen molar-refractivity contribution in [3.05, 3.63) is 21.9 Å². The van der Waals surface area contributed by atoms with Gasteiger partial charge in [0.05, 0.1) is 6.61 Å². The first-order valence-corrected chi connectivity index (χ1v) is 8.16. The second-order valence-electron chi connectivity index (χ2n) is 5.51. The molecule has 1 N–H and O–H groups in total. The van der Waals surface area contributed by atoms with Crippen LogP contribution in [-0.4, -0.2) is 54.2 Å². The number of likely N-dealkylation sites (N-methyl/N-ethyl adjacent to an activating group) is 1. The molecule has 2 heterocycles. The fourth-order valence-electron chi connectivity index (χ4n) is 2.61. The Kier molecular flexibility index (Phi) is 6.06. The first-order valence-electron chi connectivity index (χ1n) is 7.29. The van der Waals surface area contributed by atoms with Gasteiger partial charge in [-0.2, -0.15) is 0 Å². The van der Waals surface area contributed by atoms with E-state index in [1.54, 1.807) is 11.3 Å². The van der Waals surface area contributed by atoms with Gasteiger partial charge in [-0.1, -0.05) is 11.8 Å². The predicted octanol–water partition coefficient (Wildman–Crippen LogP) is 2.01. The number of aliphatic hydroxyl groups is 1. The molecule has 0 amide bonds. The summed E-state index contributed by atoms with van der Waals surface area (Å²) in [6.45, 7) is 7.01. The maximum absolute atomic E-state index is 8.73. The normalized spacial score (nSPS) is 21.2. The second-order valence-corrected chi connectivity index (χ2v) is 6.51. The van der Waals surface area contributed by atoms with E-state index in [0.29, 0.717) is 12.5 Å². The third-order valence-corrected chi connectivity index (χ3v) is 4.59. The van der Waals surface area contributed by atoms with E-state index in [9.17, 15) is 0 Å². The van der Waals surface area contributed by atoms with Crippen LogP contribution < -0.4 is 0 Å². The van der Waals surface area contributed by atoms with Gasteiger partial charge < -0.3 is 10.0 Å². The molecule has 1 atom stereocenters. The third-order valence-electron chi connectivity index (χ3n) is 3.67. The average Bonchev–Trinajstić information content (AvgIpc) is 2.78. The monoisotopic (exact) mass is 292 g/mol. The molecule has 0 radical (unpaired) electrons. The van der Waals surface area contributed by atoms with E-state index in [-0.39, 0.29) is 6.61 Å². The third kappa shape index (κ3) is 4.60. The Morgan fingerprint density at radius 2 is 2.30 bits per heavy atom. The number of hydrogen-bond donors (Lipinski definition) is 1. The number of nitrogens with zero attached hydrogens (tertiary/aromatic N) is 2. The van der Waals surface area contributed by atoms with Crippen LogP contribution >= 0.6 is 11.3 Å². The van der Waals surface area contributed by atoms with E-state index in [0.717, 1.165) is 18.7 Å². The lowest BCUT2D eigenvalue weighted by Gasteiger charge is -2.27. The van der Waals surface area contributed by atoms with Crippen molar-refractivity contribution in [3.8, 4) is 11.8 Å². The van der Waals surface area contributed by atoms with Gasteiger partial charge in [0.1, 0.15) is 0 Å². The first-order chi connectivity index (χ1) is 9.69. The molecule has 0 aromatic carbocycles. The van der Waals surface area contributed by atoms with Crippen LogP contribution in [0.25, 0.3) is 0 Å². The van der Waals surface area contributed by atoms with Gasteiger partial charge in [0.25, 0.3) is 0 Å². The van der Waals surface area contributed by atoms with Gasteiger partial charge in [0, 0.05) is 47.9 Å². The van der Waals surface area contributed by atoms with Crippen molar-refractivity contribution in [3.63, 3.8) is 0 Å². The molecule has 0 saturated carbocycles. The summed E-state index contributed by atoms with van der Waals surface area (Å²) in [5.41, 5.74) is 1.08. The van der Waals surface area contributed by atoms with Crippen LogP contribution in [0.3, 0.4) is 0 Å². The molecule has 2 rings (SSSR count). The van der Waals surface area contributed by atoms with E-state index in [1.807, 2.05) is 0 Å². The van der Waals surface area contributed by atoms with Gasteiger partial charge in [-0.3, -0.25) is 4.90 Å². The van der Waals surface area contributed by atoms with E-state index in [2.05, 4.69) is 47.1 Å². The van der Waals surface area contributed by atoms with Crippen molar-refractivity contribution in [1.29, 1.82) is 0 Å². The lowest BCUT2D eigenvalue weighted by atomic mass is 10.2. The summed E-state index contributed by atoms with van der Waals surface area (Å²) in [5.74, 6) is 6.09. The number of aliphatic hydroxyl groups excluding tert-OH is 1. The summed E-state index contributed by atoms with van der Waals surface area (Å²) in [7, 11) is 2.21. The Morgan fingerprint density at radius 1 is 1.45 bits per heavy atom. The zero-order chi connectivity index (χ0) is 14.4. The molecular formula is C16H24N2OS. The van der Waals surface area contributed by atoms with Gasteiger partial charge >= 0.3 is 0 Å². The summed E-state index contributed by atoms with van der Waals surface area (Å²) in [6, 6.07) is 2.80. The van der Waals surface area contributed by atoms with Gasteiger partial charge in [-0.15, -0.1) is 11.3 Å². The van der Waals surface area contributed by atoms with Crippen LogP contribution in [0.1, 0.15) is 30.2 Å². The Labute approximate surface area is 126 Å². The van der Waals surface area contributed by atoms with Crippen LogP contribution in [0, 0.1) is 11.8 Å². The molecule has 1 aliphatic heterocycles. The molecule has 1 aliphatic rings. The van der Waals surface area contributed by atoms with Crippen molar-refractivity contribution in [1.82, 2.24) is 9.80 Å². The summed E-state index contributed by atoms with van der Waals surface area (Å²) in [5, 5.41) is 10.9. The van der Waals surface area contributed by atoms with Crippen LogP contribution in [0.15, 0.2) is 11.4 Å². The van der Waals surface area contributed by atoms with Crippen LogP contribution in [-0.2, 0) is 6.54 Å². The molecule has 110 valence electrons. The molecule has 4 heteroatoms. The minimum Gasteiger partial charge on any atom is -0.395 e. The average molecular weight is 292 g/mol. The Morgan fingerprint density at radius 3 is 3.10 bits per heavy atom. The molecular weight excluding hydrogens is 268 g/mol. The highest BCUT2D eigenvalue weighted by molar-refractivity contribution is 7.10. The number of hydrogen-bond acceptors (Lipinski definition) is 4. The van der Waals surface area contributed by atoms with E-state index >= 15 is 0 Å². The maximum atomic E-state index is 8.73. The van der Waals surface area contributed by atoms with Crippen molar-refractivity contribution in [2.24, 2.45) is 0 Å². The highest BCUT2D eigenvalue weighted by Gasteiger charge is 2.19. The zero-order valence-electron chi connectivity index (χ0n) is 12.4. The molecule has 20 heavy (non-hydrogen) atoms. The van der Waals surface area contributed by atoms with E-state index < -0.39 is 0 Å².